The van der Waals surface area contributed by atoms with Crippen molar-refractivity contribution in [2.24, 2.45) is 10.7 Å². The van der Waals surface area contributed by atoms with Gasteiger partial charge in [0.1, 0.15) is 36.6 Å². The van der Waals surface area contributed by atoms with E-state index >= 15 is 0 Å². The highest BCUT2D eigenvalue weighted by Gasteiger charge is 2.39. The summed E-state index contributed by atoms with van der Waals surface area (Å²) in [5.41, 5.74) is 16.8. The quantitative estimate of drug-likeness (QED) is 0.0369. The van der Waals surface area contributed by atoms with E-state index in [0.29, 0.717) is 19.5 Å². The number of nitrogens with zero attached hydrogens (tertiary/aromatic N) is 4. The molecule has 1 amide bonds. The first-order valence-corrected chi connectivity index (χ1v) is 18.6. The number of rotatable bonds is 23. The fourth-order valence-electron chi connectivity index (χ4n) is 6.07. The second-order valence-electron chi connectivity index (χ2n) is 13.5. The number of unbranched alkanes of at least 4 members (excludes halogenated alkanes) is 8. The molecule has 1 aromatic heterocycles. The van der Waals surface area contributed by atoms with Crippen LogP contribution >= 0.6 is 65.6 Å². The third kappa shape index (κ3) is 19.9. The number of aliphatic hydroxyl groups is 6. The van der Waals surface area contributed by atoms with E-state index in [1.54, 1.807) is 18.7 Å². The number of aliphatic hydroxyl groups excluding tert-OH is 6. The molecule has 2 aliphatic heterocycles. The van der Waals surface area contributed by atoms with Gasteiger partial charge in [-0.3, -0.25) is 20.0 Å². The largest absolute Gasteiger partial charge is 0.389 e. The number of hydrogen-bond acceptors (Lipinski definition) is 17. The van der Waals surface area contributed by atoms with Crippen molar-refractivity contribution < 1.29 is 54.4 Å². The highest BCUT2D eigenvalue weighted by atomic mass is 35.5. The van der Waals surface area contributed by atoms with Gasteiger partial charge in [-0.15, -0.1) is 0 Å². The second-order valence-corrected chi connectivity index (χ2v) is 13.9. The van der Waals surface area contributed by atoms with E-state index in [4.69, 9.17) is 47.7 Å². The third-order valence-electron chi connectivity index (χ3n) is 9.14. The average Bonchev–Trinajstić information content (AvgIpc) is 3.76. The normalized spacial score (nSPS) is 22.5. The topological polar surface area (TPSA) is 307 Å². The highest BCUT2D eigenvalue weighted by molar-refractivity contribution is 7.59. The number of amides is 1. The van der Waals surface area contributed by atoms with Gasteiger partial charge in [0.05, 0.1) is 25.4 Å². The molecule has 2 aliphatic rings. The fraction of sp³-hybridized carbons (Fsp3) is 0.818. The molecule has 19 nitrogen and oxygen atoms in total. The second kappa shape index (κ2) is 30.0. The number of nitrogens with one attached hydrogen (secondary N) is 1. The van der Waals surface area contributed by atoms with Crippen LogP contribution in [0.4, 0.5) is 11.6 Å². The van der Waals surface area contributed by atoms with Crippen molar-refractivity contribution in [2.45, 2.75) is 133 Å². The number of ether oxygens (including phenoxy) is 4. The maximum atomic E-state index is 12.3. The number of aliphatic imine (C=N–C) groups is 1. The molecule has 0 aliphatic carbocycles. The van der Waals surface area contributed by atoms with E-state index in [2.05, 4.69) is 20.3 Å². The van der Waals surface area contributed by atoms with Crippen LogP contribution in [-0.2, 0) is 18.9 Å². The molecule has 3 rings (SSSR count). The number of halogens is 1. The SMILES string of the molecule is C[C@@H]1OC[C@H]([C@@H](O)[C@H](O)[C@@H](O)CN(CCCCCCCCCCCN=C(N)NC(=O)c2nc(Cl)c(N)nc2N)C[C@H](O)[C@@H](O)[C@H](O)[C@H]2CO[C@@H](C)O2)O1.S.S.S.S. The lowest BCUT2D eigenvalue weighted by Crippen LogP contribution is -2.53. The summed E-state index contributed by atoms with van der Waals surface area (Å²) in [7, 11) is 0. The maximum Gasteiger partial charge on any atom is 0.280 e. The number of anilines is 2. The molecular formula is C33H67ClN8O11S4. The van der Waals surface area contributed by atoms with E-state index in [-0.39, 0.29) is 109 Å². The van der Waals surface area contributed by atoms with Crippen LogP contribution in [0, 0.1) is 0 Å². The van der Waals surface area contributed by atoms with Gasteiger partial charge in [-0.25, -0.2) is 9.97 Å². The first kappa shape index (κ1) is 58.0. The zero-order valence-corrected chi connectivity index (χ0v) is 37.3. The van der Waals surface area contributed by atoms with Crippen molar-refractivity contribution in [2.75, 3.05) is 50.9 Å². The van der Waals surface area contributed by atoms with Gasteiger partial charge in [0.25, 0.3) is 5.91 Å². The minimum Gasteiger partial charge on any atom is -0.389 e. The number of carbonyl (C=O) groups excluding carboxylic acids is 1. The Labute approximate surface area is 367 Å². The van der Waals surface area contributed by atoms with Crippen LogP contribution in [-0.4, -0.2) is 158 Å². The van der Waals surface area contributed by atoms with Crippen LogP contribution in [0.25, 0.3) is 0 Å². The summed E-state index contributed by atoms with van der Waals surface area (Å²) in [5, 5.41) is 66.4. The maximum absolute atomic E-state index is 12.3. The summed E-state index contributed by atoms with van der Waals surface area (Å²) < 4.78 is 21.5. The van der Waals surface area contributed by atoms with Crippen molar-refractivity contribution in [3.63, 3.8) is 0 Å². The zero-order chi connectivity index (χ0) is 39.1. The number of carbonyl (C=O) groups is 1. The van der Waals surface area contributed by atoms with E-state index in [1.165, 1.54) is 0 Å². The molecule has 2 saturated heterocycles. The molecule has 10 atom stereocenters. The monoisotopic (exact) mass is 914 g/mol. The Kier molecular flexibility index (Phi) is 30.5. The zero-order valence-electron chi connectivity index (χ0n) is 32.5. The van der Waals surface area contributed by atoms with Gasteiger partial charge in [-0.2, -0.15) is 54.0 Å². The Morgan fingerprint density at radius 3 is 1.65 bits per heavy atom. The minimum atomic E-state index is -1.55. The number of guanidine groups is 1. The van der Waals surface area contributed by atoms with E-state index < -0.39 is 67.3 Å². The van der Waals surface area contributed by atoms with Gasteiger partial charge < -0.3 is 66.8 Å². The molecule has 24 heteroatoms. The lowest BCUT2D eigenvalue weighted by Gasteiger charge is -2.33. The van der Waals surface area contributed by atoms with E-state index in [1.807, 2.05) is 0 Å². The fourth-order valence-corrected chi connectivity index (χ4v) is 6.20. The lowest BCUT2D eigenvalue weighted by atomic mass is 10.0. The Hall–Kier alpha value is -1.13. The van der Waals surface area contributed by atoms with Crippen molar-refractivity contribution in [3.05, 3.63) is 10.8 Å². The summed E-state index contributed by atoms with van der Waals surface area (Å²) in [4.78, 5) is 25.8. The van der Waals surface area contributed by atoms with Crippen LogP contribution in [0.15, 0.2) is 4.99 Å². The van der Waals surface area contributed by atoms with Gasteiger partial charge in [0.2, 0.25) is 0 Å². The number of nitrogen functional groups attached to an aromatic ring is 2. The Balaban J connectivity index is 0. The smallest absolute Gasteiger partial charge is 0.280 e. The summed E-state index contributed by atoms with van der Waals surface area (Å²) >= 11 is 5.81. The minimum absolute atomic E-state index is 0. The first-order valence-electron chi connectivity index (χ1n) is 18.2. The molecule has 1 aromatic rings. The van der Waals surface area contributed by atoms with Crippen molar-refractivity contribution >= 4 is 89.1 Å². The van der Waals surface area contributed by atoms with E-state index in [0.717, 1.165) is 51.4 Å². The van der Waals surface area contributed by atoms with Gasteiger partial charge in [0.15, 0.2) is 41.0 Å². The summed E-state index contributed by atoms with van der Waals surface area (Å²) in [6.07, 6.45) is -2.96. The average molecular weight is 916 g/mol. The van der Waals surface area contributed by atoms with Gasteiger partial charge in [-0.1, -0.05) is 56.5 Å². The van der Waals surface area contributed by atoms with E-state index in [9.17, 15) is 35.4 Å². The molecule has 0 bridgehead atoms. The number of nitrogens with two attached hydrogens (primary N) is 3. The first-order chi connectivity index (χ1) is 25.2. The Morgan fingerprint density at radius 1 is 0.772 bits per heavy atom. The molecule has 0 aromatic carbocycles. The van der Waals surface area contributed by atoms with Gasteiger partial charge in [0, 0.05) is 19.6 Å². The lowest BCUT2D eigenvalue weighted by molar-refractivity contribution is -0.135. The molecule has 2 fully saturated rings. The van der Waals surface area contributed by atoms with Crippen LogP contribution in [0.5, 0.6) is 0 Å². The summed E-state index contributed by atoms with van der Waals surface area (Å²) in [5.74, 6) is -1.01. The van der Waals surface area contributed by atoms with Gasteiger partial charge in [-0.05, 0) is 33.2 Å². The number of aromatic nitrogens is 2. The molecule has 13 N–H and O–H groups in total. The predicted octanol–water partition coefficient (Wildman–Crippen LogP) is -0.709. The van der Waals surface area contributed by atoms with Crippen LogP contribution in [0.2, 0.25) is 5.15 Å². The highest BCUT2D eigenvalue weighted by Crippen LogP contribution is 2.21. The molecule has 0 radical (unpaired) electrons. The standard InChI is InChI=1S/C33H59ClN8O11.4H2S/c1-18-50-16-22(52-18)27(47)25(45)20(43)14-42(15-21(44)26(46)28(48)23-17-51-19(2)53-23)13-11-9-7-5-3-4-6-8-10-12-38-33(37)41-32(49)24-30(35)40-31(36)29(34)39-24;;;;/h18-23,25-28,43-48H,3-17H2,1-2H3,(H4,35,36,40)(H3,37,38,41,49);4*1H2/t18-,19-,20+,21+,22-,23-,25-,26-,27-,28-;;;;/m1..../s1. The molecule has 0 unspecified atom stereocenters. The molecule has 0 saturated carbocycles. The summed E-state index contributed by atoms with van der Waals surface area (Å²) in [6, 6.07) is 0. The predicted molar refractivity (Wildman–Crippen MR) is 236 cm³/mol. The molecular weight excluding hydrogens is 848 g/mol. The summed E-state index contributed by atoms with van der Waals surface area (Å²) in [6.45, 7) is 4.13. The van der Waals surface area contributed by atoms with Crippen LogP contribution < -0.4 is 22.5 Å². The van der Waals surface area contributed by atoms with Gasteiger partial charge >= 0.3 is 0 Å². The molecule has 3 heterocycles. The van der Waals surface area contributed by atoms with Crippen molar-refractivity contribution in [3.8, 4) is 0 Å². The molecule has 57 heavy (non-hydrogen) atoms. The van der Waals surface area contributed by atoms with Crippen molar-refractivity contribution in [1.82, 2.24) is 20.2 Å². The molecule has 0 spiro atoms. The van der Waals surface area contributed by atoms with Crippen LogP contribution in [0.3, 0.4) is 0 Å². The van der Waals surface area contributed by atoms with Crippen molar-refractivity contribution in [1.29, 1.82) is 0 Å². The van der Waals surface area contributed by atoms with Crippen LogP contribution in [0.1, 0.15) is 82.1 Å². The number of hydrogen-bond donors (Lipinski definition) is 10. The Bertz CT molecular complexity index is 1270. The third-order valence-corrected chi connectivity index (χ3v) is 9.42. The molecule has 336 valence electrons. The Morgan fingerprint density at radius 2 is 1.21 bits per heavy atom.